The van der Waals surface area contributed by atoms with Crippen LogP contribution < -0.4 is 16.0 Å². The molecule has 1 fully saturated rings. The molecule has 0 aromatic heterocycles. The average molecular weight is 437 g/mol. The number of hydrogen-bond donors (Lipinski definition) is 3. The summed E-state index contributed by atoms with van der Waals surface area (Å²) >= 11 is 5.94. The van der Waals surface area contributed by atoms with Crippen molar-refractivity contribution in [3.63, 3.8) is 0 Å². The summed E-state index contributed by atoms with van der Waals surface area (Å²) in [6.07, 6.45) is 2.06. The first-order chi connectivity index (χ1) is 10.2. The summed E-state index contributed by atoms with van der Waals surface area (Å²) in [5, 5.41) is 9.99. The van der Waals surface area contributed by atoms with E-state index in [2.05, 4.69) is 20.9 Å². The molecule has 0 bridgehead atoms. The fourth-order valence-corrected chi connectivity index (χ4v) is 2.12. The third kappa shape index (κ3) is 6.83. The van der Waals surface area contributed by atoms with Crippen molar-refractivity contribution in [1.82, 2.24) is 16.0 Å². The summed E-state index contributed by atoms with van der Waals surface area (Å²) in [4.78, 5) is 15.6. The molecule has 22 heavy (non-hydrogen) atoms. The lowest BCUT2D eigenvalue weighted by Gasteiger charge is -2.12. The first-order valence-electron chi connectivity index (χ1n) is 7.15. The van der Waals surface area contributed by atoms with E-state index in [0.29, 0.717) is 25.6 Å². The molecule has 5 nitrogen and oxygen atoms in total. The fraction of sp³-hybridized carbons (Fsp3) is 0.467. The highest BCUT2D eigenvalue weighted by Crippen LogP contribution is 2.28. The van der Waals surface area contributed by atoms with E-state index in [4.69, 9.17) is 11.6 Å². The number of benzene rings is 1. The van der Waals surface area contributed by atoms with Gasteiger partial charge in [0.2, 0.25) is 5.91 Å². The van der Waals surface area contributed by atoms with E-state index < -0.39 is 0 Å². The number of hydrogen-bond acceptors (Lipinski definition) is 2. The van der Waals surface area contributed by atoms with Crippen LogP contribution in [0.5, 0.6) is 0 Å². The lowest BCUT2D eigenvalue weighted by molar-refractivity contribution is -0.122. The summed E-state index contributed by atoms with van der Waals surface area (Å²) < 4.78 is 0. The number of halogens is 2. The summed E-state index contributed by atoms with van der Waals surface area (Å²) in [6, 6.07) is 7.68. The van der Waals surface area contributed by atoms with E-state index in [1.807, 2.05) is 24.3 Å². The Kier molecular flexibility index (Phi) is 8.55. The second-order valence-electron chi connectivity index (χ2n) is 5.05. The third-order valence-corrected chi connectivity index (χ3v) is 3.47. The van der Waals surface area contributed by atoms with Crippen molar-refractivity contribution >= 4 is 47.4 Å². The third-order valence-electron chi connectivity index (χ3n) is 3.24. The van der Waals surface area contributed by atoms with Gasteiger partial charge >= 0.3 is 0 Å². The van der Waals surface area contributed by atoms with Gasteiger partial charge in [-0.2, -0.15) is 0 Å². The molecule has 0 radical (unpaired) electrons. The van der Waals surface area contributed by atoms with Crippen LogP contribution in [0.1, 0.15) is 18.4 Å². The molecule has 2 rings (SSSR count). The number of rotatable bonds is 6. The molecule has 0 unspecified atom stereocenters. The molecule has 122 valence electrons. The lowest BCUT2D eigenvalue weighted by atomic mass is 10.2. The van der Waals surface area contributed by atoms with E-state index in [1.165, 1.54) is 0 Å². The van der Waals surface area contributed by atoms with Crippen LogP contribution in [0.2, 0.25) is 5.02 Å². The minimum Gasteiger partial charge on any atom is -0.355 e. The SMILES string of the molecule is CN=C(NCCNC(=O)C1CC1)NCc1cccc(Cl)c1.I. The second-order valence-corrected chi connectivity index (χ2v) is 5.48. The quantitative estimate of drug-likeness (QED) is 0.277. The standard InChI is InChI=1S/C15H21ClN4O.HI/c1-17-15(19-8-7-18-14(21)12-5-6-12)20-10-11-3-2-4-13(16)9-11;/h2-4,9,12H,5-8,10H2,1H3,(H,18,21)(H2,17,19,20);1H. The molecule has 0 aliphatic heterocycles. The maximum atomic E-state index is 11.5. The Morgan fingerprint density at radius 2 is 2.00 bits per heavy atom. The summed E-state index contributed by atoms with van der Waals surface area (Å²) in [6.45, 7) is 1.90. The Labute approximate surface area is 153 Å². The molecular formula is C15H22ClIN4O. The first kappa shape index (κ1) is 19.0. The Bertz CT molecular complexity index is 520. The predicted molar refractivity (Wildman–Crippen MR) is 101 cm³/mol. The summed E-state index contributed by atoms with van der Waals surface area (Å²) in [5.74, 6) is 1.12. The van der Waals surface area contributed by atoms with Gasteiger partial charge in [-0.15, -0.1) is 24.0 Å². The van der Waals surface area contributed by atoms with Crippen molar-refractivity contribution in [3.05, 3.63) is 34.9 Å². The van der Waals surface area contributed by atoms with Crippen molar-refractivity contribution in [2.75, 3.05) is 20.1 Å². The van der Waals surface area contributed by atoms with Gasteiger partial charge in [0, 0.05) is 37.6 Å². The molecular weight excluding hydrogens is 415 g/mol. The van der Waals surface area contributed by atoms with Gasteiger partial charge in [-0.25, -0.2) is 0 Å². The van der Waals surface area contributed by atoms with Crippen molar-refractivity contribution in [1.29, 1.82) is 0 Å². The van der Waals surface area contributed by atoms with Crippen molar-refractivity contribution < 1.29 is 4.79 Å². The minimum absolute atomic E-state index is 0. The van der Waals surface area contributed by atoms with Gasteiger partial charge in [0.05, 0.1) is 0 Å². The molecule has 1 saturated carbocycles. The molecule has 0 spiro atoms. The van der Waals surface area contributed by atoms with Crippen LogP contribution in [0, 0.1) is 5.92 Å². The molecule has 3 N–H and O–H groups in total. The normalized spacial score (nSPS) is 14.0. The van der Waals surface area contributed by atoms with Crippen molar-refractivity contribution in [2.24, 2.45) is 10.9 Å². The van der Waals surface area contributed by atoms with E-state index in [9.17, 15) is 4.79 Å². The molecule has 0 saturated heterocycles. The number of nitrogens with one attached hydrogen (secondary N) is 3. The summed E-state index contributed by atoms with van der Waals surface area (Å²) in [7, 11) is 1.72. The zero-order valence-corrected chi connectivity index (χ0v) is 15.7. The zero-order chi connectivity index (χ0) is 15.1. The molecule has 1 aromatic carbocycles. The molecule has 1 aliphatic carbocycles. The molecule has 0 heterocycles. The number of amides is 1. The van der Waals surface area contributed by atoms with E-state index in [-0.39, 0.29) is 35.8 Å². The van der Waals surface area contributed by atoms with Gasteiger partial charge in [0.1, 0.15) is 0 Å². The smallest absolute Gasteiger partial charge is 0.223 e. The molecule has 1 aliphatic rings. The maximum Gasteiger partial charge on any atom is 0.223 e. The van der Waals surface area contributed by atoms with Gasteiger partial charge < -0.3 is 16.0 Å². The van der Waals surface area contributed by atoms with E-state index >= 15 is 0 Å². The van der Waals surface area contributed by atoms with Gasteiger partial charge in [-0.3, -0.25) is 9.79 Å². The highest BCUT2D eigenvalue weighted by atomic mass is 127. The van der Waals surface area contributed by atoms with Gasteiger partial charge in [0.15, 0.2) is 5.96 Å². The van der Waals surface area contributed by atoms with Crippen LogP contribution in [-0.4, -0.2) is 32.0 Å². The van der Waals surface area contributed by atoms with Gasteiger partial charge in [-0.05, 0) is 30.5 Å². The lowest BCUT2D eigenvalue weighted by Crippen LogP contribution is -2.41. The van der Waals surface area contributed by atoms with E-state index in [1.54, 1.807) is 7.05 Å². The Hall–Kier alpha value is -1.02. The molecule has 1 aromatic rings. The van der Waals surface area contributed by atoms with Crippen LogP contribution in [0.4, 0.5) is 0 Å². The average Bonchev–Trinajstić information content (AvgIpc) is 3.31. The highest BCUT2D eigenvalue weighted by molar-refractivity contribution is 14.0. The maximum absolute atomic E-state index is 11.5. The van der Waals surface area contributed by atoms with Gasteiger partial charge in [0.25, 0.3) is 0 Å². The molecule has 7 heteroatoms. The van der Waals surface area contributed by atoms with Crippen LogP contribution >= 0.6 is 35.6 Å². The Morgan fingerprint density at radius 1 is 1.27 bits per heavy atom. The highest BCUT2D eigenvalue weighted by Gasteiger charge is 2.28. The fourth-order valence-electron chi connectivity index (χ4n) is 1.91. The number of carbonyl (C=O) groups excluding carboxylic acids is 1. The Balaban J connectivity index is 0.00000242. The van der Waals surface area contributed by atoms with Crippen LogP contribution in [0.25, 0.3) is 0 Å². The van der Waals surface area contributed by atoms with Crippen LogP contribution in [-0.2, 0) is 11.3 Å². The first-order valence-corrected chi connectivity index (χ1v) is 7.53. The second kappa shape index (κ2) is 9.89. The molecule has 1 amide bonds. The number of aliphatic imine (C=N–C) groups is 1. The minimum atomic E-state index is 0. The number of carbonyl (C=O) groups is 1. The van der Waals surface area contributed by atoms with E-state index in [0.717, 1.165) is 23.4 Å². The van der Waals surface area contributed by atoms with Crippen molar-refractivity contribution in [2.45, 2.75) is 19.4 Å². The zero-order valence-electron chi connectivity index (χ0n) is 12.6. The number of nitrogens with zero attached hydrogens (tertiary/aromatic N) is 1. The Morgan fingerprint density at radius 3 is 2.64 bits per heavy atom. The largest absolute Gasteiger partial charge is 0.355 e. The number of guanidine groups is 1. The molecule has 0 atom stereocenters. The topological polar surface area (TPSA) is 65.5 Å². The van der Waals surface area contributed by atoms with Crippen molar-refractivity contribution in [3.8, 4) is 0 Å². The predicted octanol–water partition coefficient (Wildman–Crippen LogP) is 2.15. The monoisotopic (exact) mass is 436 g/mol. The van der Waals surface area contributed by atoms with Gasteiger partial charge in [-0.1, -0.05) is 23.7 Å². The van der Waals surface area contributed by atoms with Crippen LogP contribution in [0.15, 0.2) is 29.3 Å². The summed E-state index contributed by atoms with van der Waals surface area (Å²) in [5.41, 5.74) is 1.09. The van der Waals surface area contributed by atoms with Crippen LogP contribution in [0.3, 0.4) is 0 Å².